The molecular weight excluding hydrogens is 502 g/mol. The highest BCUT2D eigenvalue weighted by molar-refractivity contribution is 9.10. The number of allylic oxidation sites excluding steroid dienone is 2. The monoisotopic (exact) mass is 521 g/mol. The Balaban J connectivity index is 1.34. The lowest BCUT2D eigenvalue weighted by atomic mass is 9.63. The van der Waals surface area contributed by atoms with Gasteiger partial charge in [-0.3, -0.25) is 34.3 Å². The van der Waals surface area contributed by atoms with Gasteiger partial charge in [0.1, 0.15) is 6.67 Å². The molecule has 1 saturated heterocycles. The molecule has 3 fully saturated rings. The molecule has 2 bridgehead atoms. The quantitative estimate of drug-likeness (QED) is 0.256. The fourth-order valence-electron chi connectivity index (χ4n) is 6.09. The summed E-state index contributed by atoms with van der Waals surface area (Å²) >= 11 is 3.38. The molecule has 34 heavy (non-hydrogen) atoms. The lowest BCUT2D eigenvalue weighted by Crippen LogP contribution is -2.45. The minimum absolute atomic E-state index is 0.0926. The fraction of sp³-hybridized carbons (Fsp3) is 0.320. The molecule has 2 aromatic rings. The highest BCUT2D eigenvalue weighted by Gasteiger charge is 2.67. The van der Waals surface area contributed by atoms with E-state index in [1.807, 2.05) is 0 Å². The van der Waals surface area contributed by atoms with E-state index in [0.717, 1.165) is 10.9 Å². The predicted octanol–water partition coefficient (Wildman–Crippen LogP) is 4.01. The first-order chi connectivity index (χ1) is 16.3. The van der Waals surface area contributed by atoms with Gasteiger partial charge >= 0.3 is 0 Å². The molecule has 5 aliphatic rings. The van der Waals surface area contributed by atoms with Gasteiger partial charge in [-0.2, -0.15) is 0 Å². The van der Waals surface area contributed by atoms with Crippen molar-refractivity contribution < 1.29 is 19.3 Å². The van der Waals surface area contributed by atoms with E-state index in [4.69, 9.17) is 0 Å². The molecule has 4 aliphatic carbocycles. The van der Waals surface area contributed by atoms with Gasteiger partial charge in [-0.25, -0.2) is 0 Å². The van der Waals surface area contributed by atoms with E-state index in [1.54, 1.807) is 24.3 Å². The molecule has 1 heterocycles. The van der Waals surface area contributed by atoms with Crippen LogP contribution in [0.15, 0.2) is 65.2 Å². The Morgan fingerprint density at radius 1 is 1.03 bits per heavy atom. The van der Waals surface area contributed by atoms with Crippen molar-refractivity contribution in [1.29, 1.82) is 0 Å². The summed E-state index contributed by atoms with van der Waals surface area (Å²) in [5, 5.41) is 11.2. The zero-order valence-electron chi connectivity index (χ0n) is 17.9. The van der Waals surface area contributed by atoms with Gasteiger partial charge in [-0.15, -0.1) is 0 Å². The third-order valence-corrected chi connectivity index (χ3v) is 8.25. The van der Waals surface area contributed by atoms with Gasteiger partial charge in [0, 0.05) is 27.9 Å². The molecule has 6 unspecified atom stereocenters. The lowest BCUT2D eigenvalue weighted by molar-refractivity contribution is -0.384. The summed E-state index contributed by atoms with van der Waals surface area (Å²) in [6.07, 6.45) is 5.29. The van der Waals surface area contributed by atoms with Crippen LogP contribution in [0.3, 0.4) is 0 Å². The maximum Gasteiger partial charge on any atom is 0.270 e. The summed E-state index contributed by atoms with van der Waals surface area (Å²) in [5.41, 5.74) is 0.388. The number of carbonyl (C=O) groups excluding carboxylic acids is 3. The van der Waals surface area contributed by atoms with Crippen molar-refractivity contribution in [3.63, 3.8) is 0 Å². The topological polar surface area (TPSA) is 101 Å². The van der Waals surface area contributed by atoms with Crippen molar-refractivity contribution in [1.82, 2.24) is 4.90 Å². The number of likely N-dealkylation sites (tertiary alicyclic amines) is 1. The first-order valence-electron chi connectivity index (χ1n) is 11.2. The number of rotatable bonds is 5. The molecule has 6 atom stereocenters. The maximum absolute atomic E-state index is 13.6. The van der Waals surface area contributed by atoms with Gasteiger partial charge in [0.15, 0.2) is 0 Å². The number of anilines is 1. The largest absolute Gasteiger partial charge is 0.290 e. The number of halogens is 1. The molecule has 2 aromatic carbocycles. The van der Waals surface area contributed by atoms with Gasteiger partial charge < -0.3 is 0 Å². The van der Waals surface area contributed by atoms with Gasteiger partial charge in [0.2, 0.25) is 11.8 Å². The smallest absolute Gasteiger partial charge is 0.270 e. The molecule has 172 valence electrons. The van der Waals surface area contributed by atoms with Crippen LogP contribution in [-0.4, -0.2) is 34.2 Å². The number of non-ortho nitro benzene ring substituents is 1. The first kappa shape index (κ1) is 21.2. The van der Waals surface area contributed by atoms with E-state index in [2.05, 4.69) is 28.1 Å². The van der Waals surface area contributed by atoms with Crippen LogP contribution in [0.2, 0.25) is 0 Å². The fourth-order valence-corrected chi connectivity index (χ4v) is 6.36. The maximum atomic E-state index is 13.6. The molecule has 0 N–H and O–H groups in total. The van der Waals surface area contributed by atoms with Crippen molar-refractivity contribution >= 4 is 45.0 Å². The Hall–Kier alpha value is -3.33. The number of hydrogen-bond donors (Lipinski definition) is 0. The van der Waals surface area contributed by atoms with Crippen LogP contribution in [0.4, 0.5) is 11.4 Å². The second-order valence-electron chi connectivity index (χ2n) is 9.42. The molecule has 2 saturated carbocycles. The molecule has 0 aromatic heterocycles. The molecule has 9 heteroatoms. The van der Waals surface area contributed by atoms with Crippen LogP contribution >= 0.6 is 15.9 Å². The molecule has 3 amide bonds. The number of nitro groups is 1. The Morgan fingerprint density at radius 2 is 1.65 bits per heavy atom. The molecular formula is C25H20BrN3O5. The third kappa shape index (κ3) is 3.14. The summed E-state index contributed by atoms with van der Waals surface area (Å²) in [5.74, 6) is -0.529. The van der Waals surface area contributed by atoms with Crippen molar-refractivity contribution in [3.05, 3.63) is 80.8 Å². The minimum Gasteiger partial charge on any atom is -0.290 e. The standard InChI is InChI=1S/C25H20BrN3O5/c26-14-4-6-15(7-5-14)27(23(30)13-2-1-3-16(10-13)29(33)34)12-28-24(31)21-17-8-9-18(20-11-19(17)20)22(21)25(28)32/h1-10,17-22H,11-12H2. The van der Waals surface area contributed by atoms with E-state index in [1.165, 1.54) is 34.1 Å². The van der Waals surface area contributed by atoms with E-state index in [-0.39, 0.29) is 53.4 Å². The Labute approximate surface area is 203 Å². The number of imide groups is 1. The van der Waals surface area contributed by atoms with Gasteiger partial charge in [0.25, 0.3) is 11.6 Å². The summed E-state index contributed by atoms with van der Waals surface area (Å²) < 4.78 is 0.806. The summed E-state index contributed by atoms with van der Waals surface area (Å²) in [4.78, 5) is 53.7. The van der Waals surface area contributed by atoms with Crippen LogP contribution in [-0.2, 0) is 9.59 Å². The zero-order valence-corrected chi connectivity index (χ0v) is 19.5. The second-order valence-corrected chi connectivity index (χ2v) is 10.3. The highest BCUT2D eigenvalue weighted by atomic mass is 79.9. The number of carbonyl (C=O) groups is 3. The third-order valence-electron chi connectivity index (χ3n) is 7.72. The van der Waals surface area contributed by atoms with E-state index < -0.39 is 10.8 Å². The minimum atomic E-state index is -0.562. The van der Waals surface area contributed by atoms with Crippen molar-refractivity contribution in [2.45, 2.75) is 6.42 Å². The van der Waals surface area contributed by atoms with Crippen LogP contribution in [0, 0.1) is 45.6 Å². The number of hydrogen-bond acceptors (Lipinski definition) is 5. The number of nitrogens with zero attached hydrogens (tertiary/aromatic N) is 3. The lowest BCUT2D eigenvalue weighted by Gasteiger charge is -2.37. The first-order valence-corrected chi connectivity index (χ1v) is 12.0. The number of nitro benzene ring substituents is 1. The van der Waals surface area contributed by atoms with Crippen molar-refractivity contribution in [2.24, 2.45) is 35.5 Å². The molecule has 0 radical (unpaired) electrons. The number of benzene rings is 2. The van der Waals surface area contributed by atoms with Crippen LogP contribution in [0.5, 0.6) is 0 Å². The molecule has 0 spiro atoms. The van der Waals surface area contributed by atoms with E-state index in [0.29, 0.717) is 17.5 Å². The van der Waals surface area contributed by atoms with Gasteiger partial charge in [0.05, 0.1) is 16.8 Å². The van der Waals surface area contributed by atoms with Crippen molar-refractivity contribution in [2.75, 3.05) is 11.6 Å². The normalized spacial score (nSPS) is 30.2. The van der Waals surface area contributed by atoms with Gasteiger partial charge in [-0.1, -0.05) is 34.1 Å². The second kappa shape index (κ2) is 7.59. The van der Waals surface area contributed by atoms with Crippen molar-refractivity contribution in [3.8, 4) is 0 Å². The Kier molecular flexibility index (Phi) is 4.74. The van der Waals surface area contributed by atoms with Crippen LogP contribution in [0.1, 0.15) is 16.8 Å². The zero-order chi connectivity index (χ0) is 23.7. The highest BCUT2D eigenvalue weighted by Crippen LogP contribution is 2.65. The SMILES string of the molecule is O=C1C2C3C=CC(C4CC34)C2C(=O)N1CN(C(=O)c1cccc([N+](=O)[O-])c1)c1ccc(Br)cc1. The molecule has 1 aliphatic heterocycles. The van der Waals surface area contributed by atoms with Crippen LogP contribution < -0.4 is 4.90 Å². The average molecular weight is 522 g/mol. The Bertz CT molecular complexity index is 1240. The van der Waals surface area contributed by atoms with E-state index >= 15 is 0 Å². The van der Waals surface area contributed by atoms with Gasteiger partial charge in [-0.05, 0) is 60.4 Å². The molecule has 8 nitrogen and oxygen atoms in total. The molecule has 7 rings (SSSR count). The summed E-state index contributed by atoms with van der Waals surface area (Å²) in [6, 6.07) is 12.4. The summed E-state index contributed by atoms with van der Waals surface area (Å²) in [7, 11) is 0. The average Bonchev–Trinajstić information content (AvgIpc) is 3.63. The Morgan fingerprint density at radius 3 is 2.24 bits per heavy atom. The number of amides is 3. The summed E-state index contributed by atoms with van der Waals surface area (Å²) in [6.45, 7) is -0.234. The van der Waals surface area contributed by atoms with Crippen LogP contribution in [0.25, 0.3) is 0 Å². The predicted molar refractivity (Wildman–Crippen MR) is 125 cm³/mol. The van der Waals surface area contributed by atoms with E-state index in [9.17, 15) is 24.5 Å².